The van der Waals surface area contributed by atoms with Crippen molar-refractivity contribution in [3.63, 3.8) is 0 Å². The second-order valence-electron chi connectivity index (χ2n) is 5.21. The molecule has 0 rings (SSSR count). The average Bonchev–Trinajstić information content (AvgIpc) is 2.43. The van der Waals surface area contributed by atoms with E-state index in [4.69, 9.17) is 18.9 Å². The monoisotopic (exact) mass is 291 g/mol. The summed E-state index contributed by atoms with van der Waals surface area (Å²) in [5.41, 5.74) is 0. The number of methoxy groups -OCH3 is 2. The first-order chi connectivity index (χ1) is 9.72. The third-order valence-corrected chi connectivity index (χ3v) is 3.27. The summed E-state index contributed by atoms with van der Waals surface area (Å²) in [5.74, 6) is 1.30. The van der Waals surface area contributed by atoms with Crippen LogP contribution in [-0.4, -0.2) is 67.0 Å². The molecule has 0 aromatic carbocycles. The van der Waals surface area contributed by atoms with Gasteiger partial charge in [-0.1, -0.05) is 13.8 Å². The first-order valence-electron chi connectivity index (χ1n) is 7.56. The predicted molar refractivity (Wildman–Crippen MR) is 81.2 cm³/mol. The van der Waals surface area contributed by atoms with Crippen LogP contribution in [0.5, 0.6) is 0 Å². The van der Waals surface area contributed by atoms with Gasteiger partial charge in [0.1, 0.15) is 0 Å². The third-order valence-electron chi connectivity index (χ3n) is 3.27. The zero-order chi connectivity index (χ0) is 15.1. The van der Waals surface area contributed by atoms with E-state index in [-0.39, 0.29) is 0 Å². The van der Waals surface area contributed by atoms with Crippen molar-refractivity contribution in [2.75, 3.05) is 67.0 Å². The van der Waals surface area contributed by atoms with E-state index < -0.39 is 0 Å². The highest BCUT2D eigenvalue weighted by atomic mass is 16.5. The summed E-state index contributed by atoms with van der Waals surface area (Å²) in [6.45, 7) is 10.6. The second-order valence-corrected chi connectivity index (χ2v) is 5.21. The summed E-state index contributed by atoms with van der Waals surface area (Å²) >= 11 is 0. The standard InChI is InChI=1S/C15H33NO4/c1-14(2)15(13-16-6-8-17-3)5-7-19-11-12-20-10-9-18-4/h14-16H,5-13H2,1-4H3. The van der Waals surface area contributed by atoms with E-state index in [0.29, 0.717) is 38.3 Å². The highest BCUT2D eigenvalue weighted by molar-refractivity contribution is 4.66. The van der Waals surface area contributed by atoms with Gasteiger partial charge in [-0.2, -0.15) is 0 Å². The number of rotatable bonds is 15. The molecule has 1 N–H and O–H groups in total. The molecule has 0 aromatic heterocycles. The maximum absolute atomic E-state index is 5.60. The molecule has 20 heavy (non-hydrogen) atoms. The molecule has 122 valence electrons. The van der Waals surface area contributed by atoms with E-state index in [1.54, 1.807) is 14.2 Å². The summed E-state index contributed by atoms with van der Waals surface area (Å²) in [5, 5.41) is 3.42. The molecule has 5 nitrogen and oxygen atoms in total. The van der Waals surface area contributed by atoms with E-state index in [1.165, 1.54) is 0 Å². The van der Waals surface area contributed by atoms with Gasteiger partial charge in [-0.3, -0.25) is 0 Å². The second kappa shape index (κ2) is 15.2. The molecule has 1 unspecified atom stereocenters. The third kappa shape index (κ3) is 12.8. The Balaban J connectivity index is 3.46. The molecular weight excluding hydrogens is 258 g/mol. The highest BCUT2D eigenvalue weighted by Crippen LogP contribution is 2.14. The lowest BCUT2D eigenvalue weighted by Gasteiger charge is -2.21. The SMILES string of the molecule is COCCNCC(CCOCCOCCOC)C(C)C. The van der Waals surface area contributed by atoms with Crippen molar-refractivity contribution >= 4 is 0 Å². The minimum atomic E-state index is 0.637. The van der Waals surface area contributed by atoms with Gasteiger partial charge in [0, 0.05) is 27.4 Å². The Morgan fingerprint density at radius 1 is 0.800 bits per heavy atom. The molecule has 0 aliphatic carbocycles. The van der Waals surface area contributed by atoms with Gasteiger partial charge >= 0.3 is 0 Å². The van der Waals surface area contributed by atoms with Crippen molar-refractivity contribution in [2.24, 2.45) is 11.8 Å². The van der Waals surface area contributed by atoms with Gasteiger partial charge in [0.2, 0.25) is 0 Å². The Kier molecular flexibility index (Phi) is 15.0. The molecule has 0 aliphatic heterocycles. The number of hydrogen-bond acceptors (Lipinski definition) is 5. The molecule has 5 heteroatoms. The fraction of sp³-hybridized carbons (Fsp3) is 1.00. The van der Waals surface area contributed by atoms with Gasteiger partial charge in [0.15, 0.2) is 0 Å². The van der Waals surface area contributed by atoms with Gasteiger partial charge in [-0.05, 0) is 24.8 Å². The maximum atomic E-state index is 5.60. The van der Waals surface area contributed by atoms with Crippen molar-refractivity contribution in [3.05, 3.63) is 0 Å². The van der Waals surface area contributed by atoms with Crippen molar-refractivity contribution in [3.8, 4) is 0 Å². The molecule has 0 amide bonds. The maximum Gasteiger partial charge on any atom is 0.0701 e. The van der Waals surface area contributed by atoms with Crippen LogP contribution in [0.1, 0.15) is 20.3 Å². The Morgan fingerprint density at radius 3 is 2.00 bits per heavy atom. The Hall–Kier alpha value is -0.200. The van der Waals surface area contributed by atoms with Crippen molar-refractivity contribution in [2.45, 2.75) is 20.3 Å². The van der Waals surface area contributed by atoms with Crippen LogP contribution >= 0.6 is 0 Å². The van der Waals surface area contributed by atoms with Gasteiger partial charge in [0.05, 0.1) is 33.0 Å². The lowest BCUT2D eigenvalue weighted by molar-refractivity contribution is 0.0206. The summed E-state index contributed by atoms with van der Waals surface area (Å²) in [4.78, 5) is 0. The first-order valence-corrected chi connectivity index (χ1v) is 7.56. The van der Waals surface area contributed by atoms with Crippen LogP contribution in [0, 0.1) is 11.8 Å². The fourth-order valence-corrected chi connectivity index (χ4v) is 1.83. The average molecular weight is 291 g/mol. The van der Waals surface area contributed by atoms with E-state index in [1.807, 2.05) is 0 Å². The lowest BCUT2D eigenvalue weighted by Crippen LogP contribution is -2.29. The van der Waals surface area contributed by atoms with Crippen LogP contribution in [0.3, 0.4) is 0 Å². The summed E-state index contributed by atoms with van der Waals surface area (Å²) < 4.78 is 20.9. The molecule has 0 saturated carbocycles. The molecule has 0 aliphatic rings. The number of ether oxygens (including phenoxy) is 4. The Labute approximate surface area is 124 Å². The van der Waals surface area contributed by atoms with E-state index in [2.05, 4.69) is 19.2 Å². The topological polar surface area (TPSA) is 49.0 Å². The van der Waals surface area contributed by atoms with Gasteiger partial charge < -0.3 is 24.3 Å². The molecule has 1 atom stereocenters. The molecule has 0 bridgehead atoms. The number of hydrogen-bond donors (Lipinski definition) is 1. The minimum Gasteiger partial charge on any atom is -0.383 e. The zero-order valence-electron chi connectivity index (χ0n) is 13.7. The van der Waals surface area contributed by atoms with Crippen LogP contribution in [-0.2, 0) is 18.9 Å². The Bertz CT molecular complexity index is 191. The highest BCUT2D eigenvalue weighted by Gasteiger charge is 2.12. The zero-order valence-corrected chi connectivity index (χ0v) is 13.7. The molecule has 0 fully saturated rings. The molecule has 0 radical (unpaired) electrons. The molecule has 0 spiro atoms. The van der Waals surface area contributed by atoms with Crippen LogP contribution in [0.25, 0.3) is 0 Å². The minimum absolute atomic E-state index is 0.637. The van der Waals surface area contributed by atoms with Crippen molar-refractivity contribution in [1.29, 1.82) is 0 Å². The van der Waals surface area contributed by atoms with Crippen molar-refractivity contribution < 1.29 is 18.9 Å². The smallest absolute Gasteiger partial charge is 0.0701 e. The normalized spacial score (nSPS) is 13.1. The van der Waals surface area contributed by atoms with Crippen molar-refractivity contribution in [1.82, 2.24) is 5.32 Å². The largest absolute Gasteiger partial charge is 0.383 e. The van der Waals surface area contributed by atoms with Crippen LogP contribution in [0.4, 0.5) is 0 Å². The molecule has 0 aromatic rings. The molecule has 0 heterocycles. The predicted octanol–water partition coefficient (Wildman–Crippen LogP) is 1.56. The van der Waals surface area contributed by atoms with Crippen LogP contribution in [0.2, 0.25) is 0 Å². The summed E-state index contributed by atoms with van der Waals surface area (Å²) in [7, 11) is 3.40. The van der Waals surface area contributed by atoms with Gasteiger partial charge in [-0.25, -0.2) is 0 Å². The van der Waals surface area contributed by atoms with E-state index >= 15 is 0 Å². The fourth-order valence-electron chi connectivity index (χ4n) is 1.83. The van der Waals surface area contributed by atoms with E-state index in [0.717, 1.165) is 32.7 Å². The quantitative estimate of drug-likeness (QED) is 0.464. The Morgan fingerprint density at radius 2 is 1.40 bits per heavy atom. The van der Waals surface area contributed by atoms with Crippen LogP contribution < -0.4 is 5.32 Å². The molecule has 0 saturated heterocycles. The van der Waals surface area contributed by atoms with Gasteiger partial charge in [0.25, 0.3) is 0 Å². The number of nitrogens with one attached hydrogen (secondary N) is 1. The van der Waals surface area contributed by atoms with E-state index in [9.17, 15) is 0 Å². The van der Waals surface area contributed by atoms with Crippen LogP contribution in [0.15, 0.2) is 0 Å². The summed E-state index contributed by atoms with van der Waals surface area (Å²) in [6, 6.07) is 0. The lowest BCUT2D eigenvalue weighted by atomic mass is 9.93. The molecular formula is C15H33NO4. The van der Waals surface area contributed by atoms with Gasteiger partial charge in [-0.15, -0.1) is 0 Å². The summed E-state index contributed by atoms with van der Waals surface area (Å²) in [6.07, 6.45) is 1.08. The first kappa shape index (κ1) is 19.8.